The molecule has 2 aliphatic rings. The minimum absolute atomic E-state index is 0.150. The van der Waals surface area contributed by atoms with Crippen molar-refractivity contribution in [2.75, 3.05) is 32.6 Å². The number of benzene rings is 2. The van der Waals surface area contributed by atoms with E-state index in [4.69, 9.17) is 4.74 Å². The van der Waals surface area contributed by atoms with Crippen LogP contribution in [0.25, 0.3) is 10.9 Å². The maximum atomic E-state index is 13.6. The van der Waals surface area contributed by atoms with Crippen LogP contribution in [-0.2, 0) is 16.8 Å². The van der Waals surface area contributed by atoms with Crippen molar-refractivity contribution in [2.45, 2.75) is 18.4 Å². The second kappa shape index (κ2) is 6.79. The number of amides is 3. The number of H-pyrrole nitrogens is 1. The summed E-state index contributed by atoms with van der Waals surface area (Å²) in [5, 5.41) is 4.46. The summed E-state index contributed by atoms with van der Waals surface area (Å²) < 4.78 is 5.32. The molecule has 1 fully saturated rings. The predicted molar refractivity (Wildman–Crippen MR) is 115 cm³/mol. The van der Waals surface area contributed by atoms with Crippen molar-refractivity contribution in [3.8, 4) is 5.75 Å². The van der Waals surface area contributed by atoms with Crippen LogP contribution in [0.15, 0.2) is 48.7 Å². The van der Waals surface area contributed by atoms with E-state index >= 15 is 0 Å². The lowest BCUT2D eigenvalue weighted by atomic mass is 9.81. The molecule has 1 aromatic heterocycles. The highest BCUT2D eigenvalue weighted by Gasteiger charge is 2.58. The van der Waals surface area contributed by atoms with Gasteiger partial charge in [0, 0.05) is 61.0 Å². The third-order valence-corrected chi connectivity index (χ3v) is 6.44. The van der Waals surface area contributed by atoms with Crippen molar-refractivity contribution in [1.29, 1.82) is 0 Å². The summed E-state index contributed by atoms with van der Waals surface area (Å²) in [6.45, 7) is 0.963. The Morgan fingerprint density at radius 2 is 2.00 bits per heavy atom. The Morgan fingerprint density at radius 3 is 2.83 bits per heavy atom. The Bertz CT molecular complexity index is 1150. The number of hydrogen-bond acceptors (Lipinski definition) is 4. The summed E-state index contributed by atoms with van der Waals surface area (Å²) in [7, 11) is 3.34. The van der Waals surface area contributed by atoms with Crippen molar-refractivity contribution < 1.29 is 14.3 Å². The van der Waals surface area contributed by atoms with E-state index in [0.717, 1.165) is 27.7 Å². The van der Waals surface area contributed by atoms with Gasteiger partial charge in [-0.25, -0.2) is 4.79 Å². The molecular weight excluding hydrogens is 380 g/mol. The Balaban J connectivity index is 1.46. The minimum Gasteiger partial charge on any atom is -0.497 e. The minimum atomic E-state index is -0.968. The molecular formula is C23H24N4O3. The standard InChI is InChI=1S/C23H24N4O3/c1-26-22(29)27(12-9-15-14-25-19-6-4-3-5-17(15)19)21(28)23(26)10-11-24-20-13-16(30-2)7-8-18(20)23/h3-8,13-14,24-25H,9-12H2,1-2H3. The fourth-order valence-electron chi connectivity index (χ4n) is 4.81. The summed E-state index contributed by atoms with van der Waals surface area (Å²) in [5.41, 5.74) is 2.85. The van der Waals surface area contributed by atoms with Crippen LogP contribution in [0.1, 0.15) is 17.5 Å². The molecule has 30 heavy (non-hydrogen) atoms. The van der Waals surface area contributed by atoms with Gasteiger partial charge in [-0.15, -0.1) is 0 Å². The molecule has 154 valence electrons. The third kappa shape index (κ3) is 2.51. The van der Waals surface area contributed by atoms with Crippen LogP contribution in [-0.4, -0.2) is 54.0 Å². The number of imide groups is 1. The number of anilines is 1. The Morgan fingerprint density at radius 1 is 1.17 bits per heavy atom. The zero-order valence-electron chi connectivity index (χ0n) is 17.1. The van der Waals surface area contributed by atoms with Crippen molar-refractivity contribution >= 4 is 28.5 Å². The van der Waals surface area contributed by atoms with Crippen LogP contribution in [0.5, 0.6) is 5.75 Å². The van der Waals surface area contributed by atoms with Gasteiger partial charge in [0.2, 0.25) is 0 Å². The number of carbonyl (C=O) groups is 2. The number of rotatable bonds is 4. The van der Waals surface area contributed by atoms with E-state index in [9.17, 15) is 9.59 Å². The van der Waals surface area contributed by atoms with E-state index < -0.39 is 5.54 Å². The normalized spacial score (nSPS) is 20.7. The average Bonchev–Trinajstić information content (AvgIpc) is 3.26. The molecule has 2 aliphatic heterocycles. The van der Waals surface area contributed by atoms with E-state index in [-0.39, 0.29) is 11.9 Å². The molecule has 5 rings (SSSR count). The molecule has 7 heteroatoms. The fourth-order valence-corrected chi connectivity index (χ4v) is 4.81. The highest BCUT2D eigenvalue weighted by molar-refractivity contribution is 6.08. The molecule has 0 aliphatic carbocycles. The van der Waals surface area contributed by atoms with E-state index in [2.05, 4.69) is 16.4 Å². The van der Waals surface area contributed by atoms with Crippen LogP contribution in [0.4, 0.5) is 10.5 Å². The quantitative estimate of drug-likeness (QED) is 0.654. The van der Waals surface area contributed by atoms with Crippen LogP contribution >= 0.6 is 0 Å². The molecule has 1 unspecified atom stereocenters. The van der Waals surface area contributed by atoms with E-state index in [1.807, 2.05) is 42.6 Å². The lowest BCUT2D eigenvalue weighted by molar-refractivity contribution is -0.133. The number of urea groups is 1. The van der Waals surface area contributed by atoms with E-state index in [0.29, 0.717) is 31.7 Å². The molecule has 2 aromatic carbocycles. The number of methoxy groups -OCH3 is 1. The number of hydrogen-bond donors (Lipinski definition) is 2. The van der Waals surface area contributed by atoms with Gasteiger partial charge in [-0.2, -0.15) is 0 Å². The Kier molecular flexibility index (Phi) is 4.20. The van der Waals surface area contributed by atoms with E-state index in [1.54, 1.807) is 19.1 Å². The first-order chi connectivity index (χ1) is 14.6. The first-order valence-electron chi connectivity index (χ1n) is 10.1. The SMILES string of the molecule is COc1ccc2c(c1)NCCC21C(=O)N(CCc2c[nH]c3ccccc23)C(=O)N1C. The fraction of sp³-hybridized carbons (Fsp3) is 0.304. The maximum absolute atomic E-state index is 13.6. The molecule has 3 heterocycles. The number of aromatic amines is 1. The maximum Gasteiger partial charge on any atom is 0.327 e. The molecule has 3 amide bonds. The summed E-state index contributed by atoms with van der Waals surface area (Å²) in [6.07, 6.45) is 3.11. The number of aromatic nitrogens is 1. The molecule has 1 atom stereocenters. The summed E-state index contributed by atoms with van der Waals surface area (Å²) in [4.78, 5) is 33.0. The van der Waals surface area contributed by atoms with Gasteiger partial charge in [-0.3, -0.25) is 9.69 Å². The molecule has 1 spiro atoms. The lowest BCUT2D eigenvalue weighted by Crippen LogP contribution is -2.49. The second-order valence-corrected chi connectivity index (χ2v) is 7.86. The van der Waals surface area contributed by atoms with E-state index in [1.165, 1.54) is 4.90 Å². The first-order valence-corrected chi connectivity index (χ1v) is 10.1. The molecule has 1 saturated heterocycles. The van der Waals surface area contributed by atoms with Gasteiger partial charge in [-0.05, 0) is 24.1 Å². The Labute approximate surface area is 174 Å². The van der Waals surface area contributed by atoms with Gasteiger partial charge in [0.1, 0.15) is 5.75 Å². The molecule has 3 aromatic rings. The summed E-state index contributed by atoms with van der Waals surface area (Å²) >= 11 is 0. The van der Waals surface area contributed by atoms with Gasteiger partial charge >= 0.3 is 6.03 Å². The predicted octanol–water partition coefficient (Wildman–Crippen LogP) is 3.32. The molecule has 7 nitrogen and oxygen atoms in total. The van der Waals surface area contributed by atoms with Crippen LogP contribution in [0.3, 0.4) is 0 Å². The molecule has 0 saturated carbocycles. The van der Waals surface area contributed by atoms with Crippen LogP contribution in [0, 0.1) is 0 Å². The summed E-state index contributed by atoms with van der Waals surface area (Å²) in [5.74, 6) is 0.566. The third-order valence-electron chi connectivity index (χ3n) is 6.44. The van der Waals surface area contributed by atoms with Gasteiger partial charge in [0.25, 0.3) is 5.91 Å². The number of carbonyl (C=O) groups excluding carboxylic acids is 2. The summed E-state index contributed by atoms with van der Waals surface area (Å²) in [6, 6.07) is 13.4. The smallest absolute Gasteiger partial charge is 0.327 e. The monoisotopic (exact) mass is 404 g/mol. The van der Waals surface area contributed by atoms with Gasteiger partial charge in [0.05, 0.1) is 7.11 Å². The van der Waals surface area contributed by atoms with Crippen molar-refractivity contribution in [1.82, 2.24) is 14.8 Å². The highest BCUT2D eigenvalue weighted by atomic mass is 16.5. The second-order valence-electron chi connectivity index (χ2n) is 7.86. The van der Waals surface area contributed by atoms with Gasteiger partial charge in [-0.1, -0.05) is 24.3 Å². The van der Waals surface area contributed by atoms with Crippen molar-refractivity contribution in [3.05, 3.63) is 59.8 Å². The number of nitrogens with zero attached hydrogens (tertiary/aromatic N) is 2. The van der Waals surface area contributed by atoms with Crippen LogP contribution in [0.2, 0.25) is 0 Å². The average molecular weight is 404 g/mol. The molecule has 0 bridgehead atoms. The van der Waals surface area contributed by atoms with Gasteiger partial charge < -0.3 is 19.9 Å². The number of ether oxygens (including phenoxy) is 1. The largest absolute Gasteiger partial charge is 0.497 e. The zero-order valence-corrected chi connectivity index (χ0v) is 17.1. The number of likely N-dealkylation sites (N-methyl/N-ethyl adjacent to an activating group) is 1. The number of nitrogens with one attached hydrogen (secondary N) is 2. The topological polar surface area (TPSA) is 77.7 Å². The first kappa shape index (κ1) is 18.5. The van der Waals surface area contributed by atoms with Crippen molar-refractivity contribution in [2.24, 2.45) is 0 Å². The van der Waals surface area contributed by atoms with Crippen molar-refractivity contribution in [3.63, 3.8) is 0 Å². The van der Waals surface area contributed by atoms with Gasteiger partial charge in [0.15, 0.2) is 5.54 Å². The zero-order chi connectivity index (χ0) is 20.9. The number of fused-ring (bicyclic) bond motifs is 3. The number of para-hydroxylation sites is 1. The Hall–Kier alpha value is -3.48. The molecule has 2 N–H and O–H groups in total. The molecule has 0 radical (unpaired) electrons. The highest BCUT2D eigenvalue weighted by Crippen LogP contribution is 2.45. The van der Waals surface area contributed by atoms with Crippen LogP contribution < -0.4 is 10.1 Å². The lowest BCUT2D eigenvalue weighted by Gasteiger charge is -2.38.